The van der Waals surface area contributed by atoms with Gasteiger partial charge in [0, 0.05) is 6.04 Å². The fraction of sp³-hybridized carbons (Fsp3) is 0.375. The van der Waals surface area contributed by atoms with Crippen molar-refractivity contribution in [2.75, 3.05) is 7.11 Å². The highest BCUT2D eigenvalue weighted by Crippen LogP contribution is 2.20. The van der Waals surface area contributed by atoms with E-state index in [1.165, 1.54) is 7.11 Å². The molecule has 23 heavy (non-hydrogen) atoms. The first-order valence-electron chi connectivity index (χ1n) is 7.17. The number of benzene rings is 1. The fourth-order valence-electron chi connectivity index (χ4n) is 1.96. The van der Waals surface area contributed by atoms with E-state index >= 15 is 0 Å². The van der Waals surface area contributed by atoms with Crippen molar-refractivity contribution in [1.29, 1.82) is 0 Å². The van der Waals surface area contributed by atoms with Crippen LogP contribution in [0.5, 0.6) is 0 Å². The summed E-state index contributed by atoms with van der Waals surface area (Å²) in [5.74, 6) is -0.322. The van der Waals surface area contributed by atoms with Gasteiger partial charge < -0.3 is 9.47 Å². The van der Waals surface area contributed by atoms with Crippen LogP contribution in [0.3, 0.4) is 0 Å². The molecule has 0 radical (unpaired) electrons. The first-order chi connectivity index (χ1) is 10.9. The number of hydrogen-bond acceptors (Lipinski definition) is 5. The van der Waals surface area contributed by atoms with Crippen LogP contribution in [0.4, 0.5) is 0 Å². The second-order valence-electron chi connectivity index (χ2n) is 5.35. The van der Waals surface area contributed by atoms with Gasteiger partial charge in [-0.15, -0.1) is 11.6 Å². The van der Waals surface area contributed by atoms with Crippen LogP contribution >= 0.6 is 11.6 Å². The molecule has 1 amide bonds. The molecule has 0 aliphatic carbocycles. The van der Waals surface area contributed by atoms with Gasteiger partial charge in [-0.1, -0.05) is 12.1 Å². The maximum atomic E-state index is 11.8. The smallest absolute Gasteiger partial charge is 0.337 e. The molecule has 0 spiro atoms. The van der Waals surface area contributed by atoms with Crippen molar-refractivity contribution in [1.82, 2.24) is 10.4 Å². The maximum Gasteiger partial charge on any atom is 0.337 e. The van der Waals surface area contributed by atoms with Gasteiger partial charge in [0.1, 0.15) is 12.4 Å². The second-order valence-corrected chi connectivity index (χ2v) is 5.78. The number of ether oxygens (including phenoxy) is 2. The van der Waals surface area contributed by atoms with Crippen LogP contribution in [0.1, 0.15) is 29.8 Å². The summed E-state index contributed by atoms with van der Waals surface area (Å²) in [4.78, 5) is 23.2. The minimum absolute atomic E-state index is 0.0843. The molecule has 1 unspecified atom stereocenters. The van der Waals surface area contributed by atoms with Crippen molar-refractivity contribution < 1.29 is 19.1 Å². The standard InChI is InChI=1S/C16H19ClN2O4/c1-10(2)19-8-13(14(17)15(20)18-19)23-9-11-4-6-12(7-5-11)16(21)22-3/h4-8,10,14H,9H2,1-3H3,(H,18,20). The van der Waals surface area contributed by atoms with E-state index in [-0.39, 0.29) is 18.6 Å². The van der Waals surface area contributed by atoms with Crippen molar-refractivity contribution >= 4 is 23.5 Å². The van der Waals surface area contributed by atoms with Gasteiger partial charge in [-0.2, -0.15) is 0 Å². The third-order valence-corrected chi connectivity index (χ3v) is 3.74. The Morgan fingerprint density at radius 3 is 2.57 bits per heavy atom. The molecule has 0 saturated carbocycles. The van der Waals surface area contributed by atoms with Gasteiger partial charge in [0.05, 0.1) is 18.9 Å². The van der Waals surface area contributed by atoms with Crippen molar-refractivity contribution in [3.05, 3.63) is 47.4 Å². The molecule has 7 heteroatoms. The molecule has 0 bridgehead atoms. The van der Waals surface area contributed by atoms with Crippen molar-refractivity contribution in [2.24, 2.45) is 0 Å². The zero-order valence-corrected chi connectivity index (χ0v) is 14.0. The molecule has 1 atom stereocenters. The van der Waals surface area contributed by atoms with E-state index in [4.69, 9.17) is 16.3 Å². The molecule has 1 aromatic carbocycles. The van der Waals surface area contributed by atoms with Crippen LogP contribution in [-0.2, 0) is 20.9 Å². The zero-order chi connectivity index (χ0) is 17.0. The van der Waals surface area contributed by atoms with Gasteiger partial charge >= 0.3 is 5.97 Å². The summed E-state index contributed by atoms with van der Waals surface area (Å²) in [5, 5.41) is 0.788. The predicted octanol–water partition coefficient (Wildman–Crippen LogP) is 2.19. The van der Waals surface area contributed by atoms with Crippen LogP contribution in [-0.4, -0.2) is 35.4 Å². The van der Waals surface area contributed by atoms with E-state index in [0.29, 0.717) is 11.3 Å². The number of esters is 1. The third kappa shape index (κ3) is 4.16. The number of carbonyl (C=O) groups is 2. The molecule has 0 saturated heterocycles. The maximum absolute atomic E-state index is 11.8. The lowest BCUT2D eigenvalue weighted by Gasteiger charge is -2.32. The topological polar surface area (TPSA) is 67.9 Å². The van der Waals surface area contributed by atoms with Crippen LogP contribution in [0.2, 0.25) is 0 Å². The normalized spacial score (nSPS) is 17.6. The first kappa shape index (κ1) is 17.1. The Balaban J connectivity index is 2.04. The van der Waals surface area contributed by atoms with Gasteiger partial charge in [0.2, 0.25) is 0 Å². The SMILES string of the molecule is COC(=O)c1ccc(COC2=CN(C(C)C)NC(=O)C2Cl)cc1. The van der Waals surface area contributed by atoms with Gasteiger partial charge in [-0.25, -0.2) is 4.79 Å². The number of nitrogens with zero attached hydrogens (tertiary/aromatic N) is 1. The van der Waals surface area contributed by atoms with E-state index in [0.717, 1.165) is 5.56 Å². The van der Waals surface area contributed by atoms with Crippen molar-refractivity contribution in [3.8, 4) is 0 Å². The Labute approximate surface area is 140 Å². The average molecular weight is 339 g/mol. The minimum Gasteiger partial charge on any atom is -0.490 e. The highest BCUT2D eigenvalue weighted by molar-refractivity contribution is 6.32. The van der Waals surface area contributed by atoms with Crippen LogP contribution in [0.25, 0.3) is 0 Å². The molecule has 1 N–H and O–H groups in total. The number of alkyl halides is 1. The first-order valence-corrected chi connectivity index (χ1v) is 7.60. The number of nitrogens with one attached hydrogen (secondary N) is 1. The number of methoxy groups -OCH3 is 1. The Bertz CT molecular complexity index is 613. The zero-order valence-electron chi connectivity index (χ0n) is 13.2. The van der Waals surface area contributed by atoms with Crippen LogP contribution < -0.4 is 5.43 Å². The lowest BCUT2D eigenvalue weighted by Crippen LogP contribution is -2.50. The lowest BCUT2D eigenvalue weighted by atomic mass is 10.1. The molecule has 1 aromatic rings. The van der Waals surface area contributed by atoms with Gasteiger partial charge in [0.25, 0.3) is 5.91 Å². The quantitative estimate of drug-likeness (QED) is 0.658. The summed E-state index contributed by atoms with van der Waals surface area (Å²) in [5.41, 5.74) is 3.99. The summed E-state index contributed by atoms with van der Waals surface area (Å²) in [6.45, 7) is 4.12. The van der Waals surface area contributed by atoms with Crippen LogP contribution in [0.15, 0.2) is 36.2 Å². The summed E-state index contributed by atoms with van der Waals surface area (Å²) in [6.07, 6.45) is 1.69. The minimum atomic E-state index is -0.862. The van der Waals surface area contributed by atoms with E-state index in [2.05, 4.69) is 10.2 Å². The van der Waals surface area contributed by atoms with E-state index in [9.17, 15) is 9.59 Å². The van der Waals surface area contributed by atoms with E-state index in [1.807, 2.05) is 13.8 Å². The number of carbonyl (C=O) groups excluding carboxylic acids is 2. The van der Waals surface area contributed by atoms with Crippen LogP contribution in [0, 0.1) is 0 Å². The Kier molecular flexibility index (Phi) is 5.50. The summed E-state index contributed by atoms with van der Waals surface area (Å²) < 4.78 is 10.3. The number of amides is 1. The summed E-state index contributed by atoms with van der Waals surface area (Å²) >= 11 is 6.06. The molecular weight excluding hydrogens is 320 g/mol. The van der Waals surface area contributed by atoms with Gasteiger partial charge in [0.15, 0.2) is 5.38 Å². The Morgan fingerprint density at radius 1 is 1.35 bits per heavy atom. The molecule has 6 nitrogen and oxygen atoms in total. The molecule has 1 aliphatic heterocycles. The van der Waals surface area contributed by atoms with Crippen molar-refractivity contribution in [2.45, 2.75) is 31.9 Å². The fourth-order valence-corrected chi connectivity index (χ4v) is 2.13. The van der Waals surface area contributed by atoms with Gasteiger partial charge in [-0.3, -0.25) is 15.2 Å². The highest BCUT2D eigenvalue weighted by atomic mass is 35.5. The molecule has 2 rings (SSSR count). The monoisotopic (exact) mass is 338 g/mol. The van der Waals surface area contributed by atoms with Crippen molar-refractivity contribution in [3.63, 3.8) is 0 Å². The molecular formula is C16H19ClN2O4. The number of hydrogen-bond donors (Lipinski definition) is 1. The molecule has 1 aliphatic rings. The molecule has 124 valence electrons. The third-order valence-electron chi connectivity index (χ3n) is 3.32. The Morgan fingerprint density at radius 2 is 2.00 bits per heavy atom. The summed E-state index contributed by atoms with van der Waals surface area (Å²) in [6, 6.07) is 6.93. The second kappa shape index (κ2) is 7.37. The van der Waals surface area contributed by atoms with Gasteiger partial charge in [-0.05, 0) is 31.5 Å². The average Bonchev–Trinajstić information content (AvgIpc) is 2.55. The highest BCUT2D eigenvalue weighted by Gasteiger charge is 2.29. The Hall–Kier alpha value is -2.21. The lowest BCUT2D eigenvalue weighted by molar-refractivity contribution is -0.126. The number of halogens is 1. The largest absolute Gasteiger partial charge is 0.490 e. The molecule has 0 fully saturated rings. The molecule has 0 aromatic heterocycles. The van der Waals surface area contributed by atoms with E-state index in [1.54, 1.807) is 35.5 Å². The summed E-state index contributed by atoms with van der Waals surface area (Å²) in [7, 11) is 1.33. The molecule has 1 heterocycles. The number of rotatable bonds is 5. The number of hydrazine groups is 1. The predicted molar refractivity (Wildman–Crippen MR) is 85.4 cm³/mol. The van der Waals surface area contributed by atoms with E-state index < -0.39 is 11.3 Å².